The summed E-state index contributed by atoms with van der Waals surface area (Å²) in [5.41, 5.74) is 0.868. The molecule has 4 rings (SSSR count). The second-order valence-electron chi connectivity index (χ2n) is 7.28. The molecular weight excluding hydrogens is 344 g/mol. The van der Waals surface area contributed by atoms with Crippen molar-refractivity contribution in [3.8, 4) is 11.6 Å². The van der Waals surface area contributed by atoms with Crippen molar-refractivity contribution in [3.05, 3.63) is 54.2 Å². The van der Waals surface area contributed by atoms with Gasteiger partial charge in [-0.15, -0.1) is 0 Å². The quantitative estimate of drug-likeness (QED) is 0.812. The largest absolute Gasteiger partial charge is 0.484 e. The molecule has 0 bridgehead atoms. The number of pyridine rings is 1. The van der Waals surface area contributed by atoms with Gasteiger partial charge in [0.25, 0.3) is 5.91 Å². The van der Waals surface area contributed by atoms with Crippen LogP contribution < -0.4 is 9.47 Å². The summed E-state index contributed by atoms with van der Waals surface area (Å²) in [6.45, 7) is 3.88. The number of rotatable bonds is 5. The second kappa shape index (κ2) is 7.56. The zero-order valence-corrected chi connectivity index (χ0v) is 15.5. The van der Waals surface area contributed by atoms with Crippen LogP contribution in [0.1, 0.15) is 18.4 Å². The summed E-state index contributed by atoms with van der Waals surface area (Å²) in [7, 11) is 0. The molecule has 0 aliphatic carbocycles. The molecule has 2 aliphatic rings. The topological polar surface area (TPSA) is 60.9 Å². The van der Waals surface area contributed by atoms with E-state index in [-0.39, 0.29) is 24.2 Å². The van der Waals surface area contributed by atoms with E-state index in [0.717, 1.165) is 18.4 Å². The van der Waals surface area contributed by atoms with Crippen LogP contribution in [0.15, 0.2) is 48.7 Å². The van der Waals surface area contributed by atoms with Crippen LogP contribution >= 0.6 is 0 Å². The van der Waals surface area contributed by atoms with E-state index in [4.69, 9.17) is 14.2 Å². The number of aryl methyl sites for hydroxylation is 1. The molecule has 1 unspecified atom stereocenters. The average Bonchev–Trinajstić information content (AvgIpc) is 2.66. The molecule has 1 atom stereocenters. The lowest BCUT2D eigenvalue weighted by Gasteiger charge is -2.52. The number of nitrogens with zero attached hydrogens (tertiary/aromatic N) is 2. The number of benzene rings is 1. The Morgan fingerprint density at radius 1 is 1.26 bits per heavy atom. The summed E-state index contributed by atoms with van der Waals surface area (Å²) in [6, 6.07) is 13.3. The van der Waals surface area contributed by atoms with Gasteiger partial charge in [0.05, 0.1) is 19.7 Å². The van der Waals surface area contributed by atoms with Crippen molar-refractivity contribution in [2.75, 3.05) is 26.3 Å². The predicted octanol–water partition coefficient (Wildman–Crippen LogP) is 2.61. The second-order valence-corrected chi connectivity index (χ2v) is 7.28. The van der Waals surface area contributed by atoms with Gasteiger partial charge in [-0.1, -0.05) is 23.8 Å². The van der Waals surface area contributed by atoms with E-state index in [1.54, 1.807) is 11.1 Å². The number of carbonyl (C=O) groups excluding carboxylic acids is 1. The lowest BCUT2D eigenvalue weighted by atomic mass is 9.84. The van der Waals surface area contributed by atoms with Crippen LogP contribution in [0.3, 0.4) is 0 Å². The number of carbonyl (C=O) groups is 1. The van der Waals surface area contributed by atoms with Crippen LogP contribution in [0.25, 0.3) is 0 Å². The molecule has 1 amide bonds. The van der Waals surface area contributed by atoms with Crippen LogP contribution in [0.2, 0.25) is 0 Å². The summed E-state index contributed by atoms with van der Waals surface area (Å²) in [5, 5.41) is 0. The molecule has 3 heterocycles. The van der Waals surface area contributed by atoms with Gasteiger partial charge in [0.15, 0.2) is 6.61 Å². The number of hydrogen-bond acceptors (Lipinski definition) is 5. The molecule has 2 fully saturated rings. The summed E-state index contributed by atoms with van der Waals surface area (Å²) in [5.74, 6) is 1.33. The molecule has 1 aromatic heterocycles. The average molecular weight is 368 g/mol. The van der Waals surface area contributed by atoms with Crippen LogP contribution in [-0.4, -0.2) is 53.8 Å². The highest BCUT2D eigenvalue weighted by molar-refractivity contribution is 5.79. The maximum Gasteiger partial charge on any atom is 0.260 e. The normalized spacial score (nSPS) is 20.8. The molecule has 1 aromatic carbocycles. The number of hydrogen-bond donors (Lipinski definition) is 0. The Labute approximate surface area is 159 Å². The fraction of sp³-hybridized carbons (Fsp3) is 0.429. The van der Waals surface area contributed by atoms with Crippen LogP contribution in [0.5, 0.6) is 11.6 Å². The van der Waals surface area contributed by atoms with Crippen molar-refractivity contribution >= 4 is 5.91 Å². The highest BCUT2D eigenvalue weighted by Gasteiger charge is 2.49. The Morgan fingerprint density at radius 2 is 2.07 bits per heavy atom. The van der Waals surface area contributed by atoms with Crippen LogP contribution in [-0.2, 0) is 9.53 Å². The molecule has 6 heteroatoms. The third kappa shape index (κ3) is 4.22. The number of amides is 1. The third-order valence-corrected chi connectivity index (χ3v) is 5.07. The molecule has 142 valence electrons. The van der Waals surface area contributed by atoms with Gasteiger partial charge >= 0.3 is 0 Å². The van der Waals surface area contributed by atoms with Gasteiger partial charge in [0.1, 0.15) is 17.5 Å². The number of likely N-dealkylation sites (tertiary alicyclic amines) is 1. The maximum atomic E-state index is 12.4. The van der Waals surface area contributed by atoms with Gasteiger partial charge in [-0.3, -0.25) is 4.79 Å². The van der Waals surface area contributed by atoms with Gasteiger partial charge in [-0.25, -0.2) is 4.98 Å². The zero-order chi connectivity index (χ0) is 18.7. The minimum absolute atomic E-state index is 0.0161. The first-order valence-electron chi connectivity index (χ1n) is 9.31. The molecule has 6 nitrogen and oxygen atoms in total. The van der Waals surface area contributed by atoms with Crippen molar-refractivity contribution < 1.29 is 19.0 Å². The van der Waals surface area contributed by atoms with Crippen LogP contribution in [0, 0.1) is 6.92 Å². The third-order valence-electron chi connectivity index (χ3n) is 5.07. The minimum Gasteiger partial charge on any atom is -0.484 e. The monoisotopic (exact) mass is 368 g/mol. The van der Waals surface area contributed by atoms with E-state index in [9.17, 15) is 4.79 Å². The van der Waals surface area contributed by atoms with Crippen molar-refractivity contribution in [1.29, 1.82) is 0 Å². The zero-order valence-electron chi connectivity index (χ0n) is 15.5. The Hall–Kier alpha value is -2.60. The first kappa shape index (κ1) is 17.8. The molecule has 0 N–H and O–H groups in total. The highest BCUT2D eigenvalue weighted by Crippen LogP contribution is 2.35. The molecule has 2 aliphatic heterocycles. The van der Waals surface area contributed by atoms with Crippen molar-refractivity contribution in [1.82, 2.24) is 9.88 Å². The van der Waals surface area contributed by atoms with E-state index in [2.05, 4.69) is 4.98 Å². The first-order chi connectivity index (χ1) is 13.1. The lowest BCUT2D eigenvalue weighted by molar-refractivity contribution is -0.194. The fourth-order valence-corrected chi connectivity index (χ4v) is 3.59. The molecule has 2 aromatic rings. The SMILES string of the molecule is Cc1ccc(OCC(=O)N2CC3(CC(Oc4ccccn4)CCO3)C2)cc1. The van der Waals surface area contributed by atoms with E-state index < -0.39 is 0 Å². The summed E-state index contributed by atoms with van der Waals surface area (Å²) >= 11 is 0. The van der Waals surface area contributed by atoms with E-state index in [0.29, 0.717) is 31.3 Å². The molecule has 0 saturated carbocycles. The first-order valence-corrected chi connectivity index (χ1v) is 9.31. The molecule has 27 heavy (non-hydrogen) atoms. The minimum atomic E-state index is -0.294. The fourth-order valence-electron chi connectivity index (χ4n) is 3.59. The van der Waals surface area contributed by atoms with Gasteiger partial charge in [-0.2, -0.15) is 0 Å². The summed E-state index contributed by atoms with van der Waals surface area (Å²) < 4.78 is 17.6. The summed E-state index contributed by atoms with van der Waals surface area (Å²) in [6.07, 6.45) is 3.40. The summed E-state index contributed by atoms with van der Waals surface area (Å²) in [4.78, 5) is 18.4. The predicted molar refractivity (Wildman–Crippen MR) is 99.8 cm³/mol. The number of aromatic nitrogens is 1. The van der Waals surface area contributed by atoms with Gasteiger partial charge in [-0.05, 0) is 25.1 Å². The maximum absolute atomic E-state index is 12.4. The van der Waals surface area contributed by atoms with E-state index in [1.807, 2.05) is 49.4 Å². The molecular formula is C21H24N2O4. The van der Waals surface area contributed by atoms with E-state index in [1.165, 1.54) is 0 Å². The van der Waals surface area contributed by atoms with Crippen molar-refractivity contribution in [2.45, 2.75) is 31.5 Å². The smallest absolute Gasteiger partial charge is 0.260 e. The highest BCUT2D eigenvalue weighted by atomic mass is 16.5. The molecule has 2 saturated heterocycles. The van der Waals surface area contributed by atoms with Crippen LogP contribution in [0.4, 0.5) is 0 Å². The van der Waals surface area contributed by atoms with Crippen molar-refractivity contribution in [3.63, 3.8) is 0 Å². The van der Waals surface area contributed by atoms with E-state index >= 15 is 0 Å². The lowest BCUT2D eigenvalue weighted by Crippen LogP contribution is -2.68. The van der Waals surface area contributed by atoms with Gasteiger partial charge in [0, 0.05) is 25.1 Å². The standard InChI is InChI=1S/C21H24N2O4/c1-16-5-7-17(8-6-16)25-13-20(24)23-14-21(15-23)12-18(9-11-26-21)27-19-4-2-3-10-22-19/h2-8,10,18H,9,11-15H2,1H3. The van der Waals surface area contributed by atoms with Gasteiger partial charge in [0.2, 0.25) is 5.88 Å². The van der Waals surface area contributed by atoms with Crippen molar-refractivity contribution in [2.24, 2.45) is 0 Å². The Balaban J connectivity index is 1.26. The Kier molecular flexibility index (Phi) is 4.99. The number of ether oxygens (including phenoxy) is 3. The molecule has 0 radical (unpaired) electrons. The Morgan fingerprint density at radius 3 is 2.81 bits per heavy atom. The molecule has 1 spiro atoms. The Bertz CT molecular complexity index is 773. The van der Waals surface area contributed by atoms with Gasteiger partial charge < -0.3 is 19.1 Å².